The topological polar surface area (TPSA) is 17.8 Å². The Kier molecular flexibility index (Phi) is 2.69. The molecule has 0 N–H and O–H groups in total. The minimum Gasteiger partial charge on any atom is -0.350 e. The van der Waals surface area contributed by atoms with Crippen LogP contribution in [0.2, 0.25) is 0 Å². The second-order valence-corrected chi connectivity index (χ2v) is 4.33. The molecule has 2 nitrogen and oxygen atoms in total. The molecule has 3 rings (SSSR count). The van der Waals surface area contributed by atoms with Crippen molar-refractivity contribution in [3.05, 3.63) is 66.1 Å². The summed E-state index contributed by atoms with van der Waals surface area (Å²) >= 11 is 0. The number of aryl methyl sites for hydroxylation is 1. The fraction of sp³-hybridized carbons (Fsp3) is 0.0625. The Labute approximate surface area is 106 Å². The van der Waals surface area contributed by atoms with Crippen LogP contribution in [0.4, 0.5) is 0 Å². The van der Waals surface area contributed by atoms with Crippen molar-refractivity contribution in [1.82, 2.24) is 9.55 Å². The SMILES string of the molecule is Cn1cc(C=Cc2ccncc2)c2ccccc21. The lowest BCUT2D eigenvalue weighted by Crippen LogP contribution is -1.81. The zero-order valence-electron chi connectivity index (χ0n) is 10.2. The third-order valence-electron chi connectivity index (χ3n) is 3.09. The molecule has 0 spiro atoms. The van der Waals surface area contributed by atoms with Crippen LogP contribution in [0.5, 0.6) is 0 Å². The lowest BCUT2D eigenvalue weighted by Gasteiger charge is -1.93. The van der Waals surface area contributed by atoms with Crippen LogP contribution in [-0.2, 0) is 7.05 Å². The Morgan fingerprint density at radius 1 is 1.00 bits per heavy atom. The van der Waals surface area contributed by atoms with Crippen molar-refractivity contribution in [2.24, 2.45) is 7.05 Å². The summed E-state index contributed by atoms with van der Waals surface area (Å²) < 4.78 is 2.15. The molecule has 0 amide bonds. The molecule has 0 bridgehead atoms. The lowest BCUT2D eigenvalue weighted by molar-refractivity contribution is 0.968. The Balaban J connectivity index is 2.03. The number of nitrogens with zero attached hydrogens (tertiary/aromatic N) is 2. The monoisotopic (exact) mass is 234 g/mol. The third-order valence-corrected chi connectivity index (χ3v) is 3.09. The third kappa shape index (κ3) is 1.93. The van der Waals surface area contributed by atoms with E-state index in [0.717, 1.165) is 5.56 Å². The highest BCUT2D eigenvalue weighted by molar-refractivity contribution is 5.91. The summed E-state index contributed by atoms with van der Waals surface area (Å²) in [5.74, 6) is 0. The zero-order chi connectivity index (χ0) is 12.4. The van der Waals surface area contributed by atoms with Crippen molar-refractivity contribution in [2.45, 2.75) is 0 Å². The molecule has 1 aromatic carbocycles. The van der Waals surface area contributed by atoms with E-state index in [0.29, 0.717) is 0 Å². The molecule has 0 fully saturated rings. The van der Waals surface area contributed by atoms with Crippen molar-refractivity contribution in [1.29, 1.82) is 0 Å². The molecular weight excluding hydrogens is 220 g/mol. The van der Waals surface area contributed by atoms with Crippen LogP contribution in [0, 0.1) is 0 Å². The summed E-state index contributed by atoms with van der Waals surface area (Å²) in [6.07, 6.45) is 10.0. The first-order chi connectivity index (χ1) is 8.84. The summed E-state index contributed by atoms with van der Waals surface area (Å²) in [5.41, 5.74) is 3.66. The van der Waals surface area contributed by atoms with E-state index in [1.54, 1.807) is 0 Å². The second-order valence-electron chi connectivity index (χ2n) is 4.33. The minimum absolute atomic E-state index is 1.16. The quantitative estimate of drug-likeness (QED) is 0.660. The molecule has 2 heteroatoms. The smallest absolute Gasteiger partial charge is 0.0483 e. The summed E-state index contributed by atoms with van der Waals surface area (Å²) in [6, 6.07) is 12.4. The summed E-state index contributed by atoms with van der Waals surface area (Å²) in [7, 11) is 2.08. The predicted octanol–water partition coefficient (Wildman–Crippen LogP) is 3.74. The Morgan fingerprint density at radius 2 is 1.78 bits per heavy atom. The van der Waals surface area contributed by atoms with Gasteiger partial charge in [0.15, 0.2) is 0 Å². The predicted molar refractivity (Wildman–Crippen MR) is 76.1 cm³/mol. The maximum atomic E-state index is 4.02. The molecule has 3 aromatic rings. The van der Waals surface area contributed by atoms with Crippen molar-refractivity contribution in [3.63, 3.8) is 0 Å². The fourth-order valence-electron chi connectivity index (χ4n) is 2.17. The van der Waals surface area contributed by atoms with E-state index in [1.165, 1.54) is 16.5 Å². The first kappa shape index (κ1) is 10.8. The van der Waals surface area contributed by atoms with Gasteiger partial charge in [0, 0.05) is 36.5 Å². The van der Waals surface area contributed by atoms with Crippen LogP contribution < -0.4 is 0 Å². The average Bonchev–Trinajstić information content (AvgIpc) is 2.75. The van der Waals surface area contributed by atoms with E-state index in [2.05, 4.69) is 59.2 Å². The number of pyridine rings is 1. The van der Waals surface area contributed by atoms with E-state index in [9.17, 15) is 0 Å². The maximum absolute atomic E-state index is 4.02. The highest BCUT2D eigenvalue weighted by Crippen LogP contribution is 2.22. The number of benzene rings is 1. The number of hydrogen-bond acceptors (Lipinski definition) is 1. The van der Waals surface area contributed by atoms with Crippen molar-refractivity contribution in [3.8, 4) is 0 Å². The van der Waals surface area contributed by atoms with Crippen LogP contribution >= 0.6 is 0 Å². The van der Waals surface area contributed by atoms with E-state index in [4.69, 9.17) is 0 Å². The van der Waals surface area contributed by atoms with Gasteiger partial charge in [-0.1, -0.05) is 30.4 Å². The molecule has 18 heavy (non-hydrogen) atoms. The summed E-state index contributed by atoms with van der Waals surface area (Å²) in [6.45, 7) is 0. The standard InChI is InChI=1S/C16H14N2/c1-18-12-14(15-4-2-3-5-16(15)18)7-6-13-8-10-17-11-9-13/h2-12H,1H3. The number of rotatable bonds is 2. The van der Waals surface area contributed by atoms with Gasteiger partial charge in [-0.15, -0.1) is 0 Å². The van der Waals surface area contributed by atoms with Gasteiger partial charge in [-0.3, -0.25) is 4.98 Å². The number of fused-ring (bicyclic) bond motifs is 1. The van der Waals surface area contributed by atoms with Gasteiger partial charge in [0.05, 0.1) is 0 Å². The van der Waals surface area contributed by atoms with Gasteiger partial charge in [-0.05, 0) is 29.3 Å². The highest BCUT2D eigenvalue weighted by Gasteiger charge is 2.02. The molecule has 0 atom stereocenters. The number of para-hydroxylation sites is 1. The van der Waals surface area contributed by atoms with Crippen LogP contribution in [0.1, 0.15) is 11.1 Å². The van der Waals surface area contributed by atoms with Crippen molar-refractivity contribution < 1.29 is 0 Å². The lowest BCUT2D eigenvalue weighted by atomic mass is 10.1. The Morgan fingerprint density at radius 3 is 2.61 bits per heavy atom. The van der Waals surface area contributed by atoms with Gasteiger partial charge in [-0.25, -0.2) is 0 Å². The molecule has 0 aliphatic carbocycles. The van der Waals surface area contributed by atoms with Gasteiger partial charge in [0.25, 0.3) is 0 Å². The van der Waals surface area contributed by atoms with Gasteiger partial charge < -0.3 is 4.57 Å². The van der Waals surface area contributed by atoms with Gasteiger partial charge in [0.2, 0.25) is 0 Å². The summed E-state index contributed by atoms with van der Waals surface area (Å²) in [5, 5.41) is 1.28. The van der Waals surface area contributed by atoms with Gasteiger partial charge >= 0.3 is 0 Å². The van der Waals surface area contributed by atoms with Crippen molar-refractivity contribution in [2.75, 3.05) is 0 Å². The fourth-order valence-corrected chi connectivity index (χ4v) is 2.17. The maximum Gasteiger partial charge on any atom is 0.0483 e. The zero-order valence-corrected chi connectivity index (χ0v) is 10.2. The largest absolute Gasteiger partial charge is 0.350 e. The van der Waals surface area contributed by atoms with Gasteiger partial charge in [0.1, 0.15) is 0 Å². The molecule has 0 radical (unpaired) electrons. The number of aromatic nitrogens is 2. The molecule has 0 unspecified atom stereocenters. The molecule has 2 heterocycles. The number of hydrogen-bond donors (Lipinski definition) is 0. The van der Waals surface area contributed by atoms with Crippen LogP contribution in [0.25, 0.3) is 23.1 Å². The van der Waals surface area contributed by atoms with Gasteiger partial charge in [-0.2, -0.15) is 0 Å². The summed E-state index contributed by atoms with van der Waals surface area (Å²) in [4.78, 5) is 4.02. The Hall–Kier alpha value is -2.35. The first-order valence-electron chi connectivity index (χ1n) is 5.97. The minimum atomic E-state index is 1.16. The molecule has 0 saturated heterocycles. The average molecular weight is 234 g/mol. The first-order valence-corrected chi connectivity index (χ1v) is 5.97. The van der Waals surface area contributed by atoms with Crippen LogP contribution in [0.3, 0.4) is 0 Å². The molecular formula is C16H14N2. The molecule has 0 saturated carbocycles. The molecule has 2 aromatic heterocycles. The molecule has 0 aliphatic heterocycles. The Bertz CT molecular complexity index is 693. The highest BCUT2D eigenvalue weighted by atomic mass is 14.9. The van der Waals surface area contributed by atoms with Crippen LogP contribution in [-0.4, -0.2) is 9.55 Å². The molecule has 88 valence electrons. The van der Waals surface area contributed by atoms with Crippen molar-refractivity contribution >= 4 is 23.1 Å². The molecule has 0 aliphatic rings. The normalized spacial score (nSPS) is 11.4. The van der Waals surface area contributed by atoms with E-state index in [1.807, 2.05) is 24.5 Å². The van der Waals surface area contributed by atoms with E-state index in [-0.39, 0.29) is 0 Å². The van der Waals surface area contributed by atoms with E-state index >= 15 is 0 Å². The second kappa shape index (κ2) is 4.49. The van der Waals surface area contributed by atoms with E-state index < -0.39 is 0 Å². The van der Waals surface area contributed by atoms with Crippen LogP contribution in [0.15, 0.2) is 55.0 Å².